The summed E-state index contributed by atoms with van der Waals surface area (Å²) < 4.78 is 40.3. The molecule has 0 aromatic heterocycles. The van der Waals surface area contributed by atoms with Crippen LogP contribution in [0.5, 0.6) is 0 Å². The molecule has 2 fully saturated rings. The molecule has 2 aromatic carbocycles. The lowest BCUT2D eigenvalue weighted by atomic mass is 9.91. The number of hydrogen-bond donors (Lipinski definition) is 0. The summed E-state index contributed by atoms with van der Waals surface area (Å²) in [5.41, 5.74) is 2.45. The van der Waals surface area contributed by atoms with Crippen LogP contribution in [0.25, 0.3) is 11.1 Å². The Kier molecular flexibility index (Phi) is 7.25. The second kappa shape index (κ2) is 9.93. The molecule has 0 bridgehead atoms. The quantitative estimate of drug-likeness (QED) is 0.237. The second-order valence-corrected chi connectivity index (χ2v) is 15.1. The standard InChI is InChI=1S/C27H35F3Si/c1-2-3-4-5-20-10-14-31(15-11-20)16-12-23(13-17-31)21-6-8-22(9-7-21)24-18-25(28)27(30)26(29)19-24/h6-9,18-20,23H,2-5,10-17H2,1H3. The lowest BCUT2D eigenvalue weighted by Crippen LogP contribution is -2.41. The van der Waals surface area contributed by atoms with Crippen molar-refractivity contribution in [1.29, 1.82) is 0 Å². The van der Waals surface area contributed by atoms with Crippen molar-refractivity contribution in [3.63, 3.8) is 0 Å². The lowest BCUT2D eigenvalue weighted by molar-refractivity contribution is 0.407. The van der Waals surface area contributed by atoms with Gasteiger partial charge in [-0.25, -0.2) is 13.2 Å². The molecule has 2 saturated heterocycles. The summed E-state index contributed by atoms with van der Waals surface area (Å²) in [6, 6.07) is 16.2. The van der Waals surface area contributed by atoms with Crippen molar-refractivity contribution in [2.45, 2.75) is 88.4 Å². The first kappa shape index (κ1) is 22.6. The number of unbranched alkanes of at least 4 members (excludes halogenated alkanes) is 2. The van der Waals surface area contributed by atoms with E-state index in [2.05, 4.69) is 19.1 Å². The third kappa shape index (κ3) is 5.27. The molecule has 0 amide bonds. The van der Waals surface area contributed by atoms with Crippen molar-refractivity contribution in [2.24, 2.45) is 5.92 Å². The van der Waals surface area contributed by atoms with Gasteiger partial charge in [0.05, 0.1) is 8.07 Å². The van der Waals surface area contributed by atoms with Gasteiger partial charge in [0.25, 0.3) is 0 Å². The largest absolute Gasteiger partial charge is 0.204 e. The fourth-order valence-corrected chi connectivity index (χ4v) is 11.5. The van der Waals surface area contributed by atoms with Crippen molar-refractivity contribution in [1.82, 2.24) is 0 Å². The number of hydrogen-bond acceptors (Lipinski definition) is 0. The maximum absolute atomic E-state index is 13.6. The minimum Gasteiger partial charge on any atom is -0.204 e. The predicted molar refractivity (Wildman–Crippen MR) is 126 cm³/mol. The van der Waals surface area contributed by atoms with E-state index in [0.29, 0.717) is 11.5 Å². The molecular weight excluding hydrogens is 409 g/mol. The molecule has 0 atom stereocenters. The molecule has 2 heterocycles. The summed E-state index contributed by atoms with van der Waals surface area (Å²) in [5, 5.41) is 0. The third-order valence-electron chi connectivity index (χ3n) is 8.13. The summed E-state index contributed by atoms with van der Waals surface area (Å²) in [6.07, 6.45) is 11.2. The first-order chi connectivity index (χ1) is 15.0. The molecule has 0 N–H and O–H groups in total. The molecule has 4 rings (SSSR count). The van der Waals surface area contributed by atoms with E-state index >= 15 is 0 Å². The van der Waals surface area contributed by atoms with Gasteiger partial charge in [-0.1, -0.05) is 93.9 Å². The Bertz CT molecular complexity index is 836. The van der Waals surface area contributed by atoms with Crippen LogP contribution in [0, 0.1) is 23.4 Å². The maximum atomic E-state index is 13.6. The molecule has 1 spiro atoms. The SMILES string of the molecule is CCCCCC1CC[Si]2(CC1)CCC(c1ccc(-c3cc(F)c(F)c(F)c3)cc1)CC2. The van der Waals surface area contributed by atoms with Gasteiger partial charge in [0.2, 0.25) is 0 Å². The zero-order valence-corrected chi connectivity index (χ0v) is 19.7. The minimum absolute atomic E-state index is 0.383. The molecule has 0 radical (unpaired) electrons. The van der Waals surface area contributed by atoms with E-state index in [1.54, 1.807) is 12.1 Å². The van der Waals surface area contributed by atoms with Crippen LogP contribution in [0.4, 0.5) is 13.2 Å². The van der Waals surface area contributed by atoms with Gasteiger partial charge in [-0.15, -0.1) is 0 Å². The molecule has 2 aliphatic rings. The van der Waals surface area contributed by atoms with E-state index < -0.39 is 25.5 Å². The maximum Gasteiger partial charge on any atom is 0.194 e. The van der Waals surface area contributed by atoms with Gasteiger partial charge in [-0.05, 0) is 53.5 Å². The molecule has 0 nitrogen and oxygen atoms in total. The Balaban J connectivity index is 1.32. The molecule has 0 aliphatic carbocycles. The lowest BCUT2D eigenvalue weighted by Gasteiger charge is -2.43. The third-order valence-corrected chi connectivity index (χ3v) is 13.5. The van der Waals surface area contributed by atoms with Crippen molar-refractivity contribution < 1.29 is 13.2 Å². The Hall–Kier alpha value is -1.55. The summed E-state index contributed by atoms with van der Waals surface area (Å²) in [4.78, 5) is 0. The Morgan fingerprint density at radius 3 is 1.94 bits per heavy atom. The van der Waals surface area contributed by atoms with Crippen molar-refractivity contribution in [3.05, 3.63) is 59.4 Å². The van der Waals surface area contributed by atoms with Crippen LogP contribution in [0.2, 0.25) is 24.2 Å². The smallest absolute Gasteiger partial charge is 0.194 e. The van der Waals surface area contributed by atoms with Crippen molar-refractivity contribution >= 4 is 8.07 Å². The van der Waals surface area contributed by atoms with Crippen LogP contribution in [-0.2, 0) is 0 Å². The highest BCUT2D eigenvalue weighted by molar-refractivity contribution is 6.80. The summed E-state index contributed by atoms with van der Waals surface area (Å²) in [7, 11) is -1.03. The van der Waals surface area contributed by atoms with Gasteiger partial charge in [0.1, 0.15) is 0 Å². The normalized spacial score (nSPS) is 26.3. The van der Waals surface area contributed by atoms with Crippen LogP contribution in [-0.4, -0.2) is 8.07 Å². The van der Waals surface area contributed by atoms with Gasteiger partial charge in [-0.2, -0.15) is 0 Å². The fraction of sp³-hybridized carbons (Fsp3) is 0.556. The topological polar surface area (TPSA) is 0 Å². The Labute approximate surface area is 186 Å². The highest BCUT2D eigenvalue weighted by Crippen LogP contribution is 2.47. The van der Waals surface area contributed by atoms with E-state index in [-0.39, 0.29) is 0 Å². The van der Waals surface area contributed by atoms with Crippen molar-refractivity contribution in [2.75, 3.05) is 0 Å². The van der Waals surface area contributed by atoms with E-state index in [9.17, 15) is 13.2 Å². The monoisotopic (exact) mass is 444 g/mol. The van der Waals surface area contributed by atoms with E-state index in [0.717, 1.165) is 23.6 Å². The minimum atomic E-state index is -1.41. The van der Waals surface area contributed by atoms with Gasteiger partial charge >= 0.3 is 0 Å². The van der Waals surface area contributed by atoms with Gasteiger partial charge in [0.15, 0.2) is 17.5 Å². The molecule has 168 valence electrons. The first-order valence-electron chi connectivity index (χ1n) is 12.2. The molecule has 0 saturated carbocycles. The van der Waals surface area contributed by atoms with Gasteiger partial charge in [0, 0.05) is 0 Å². The summed E-state index contributed by atoms with van der Waals surface area (Å²) in [6.45, 7) is 2.29. The molecule has 31 heavy (non-hydrogen) atoms. The zero-order chi connectivity index (χ0) is 21.8. The van der Waals surface area contributed by atoms with Crippen LogP contribution < -0.4 is 0 Å². The zero-order valence-electron chi connectivity index (χ0n) is 18.7. The Morgan fingerprint density at radius 1 is 0.774 bits per heavy atom. The second-order valence-electron chi connectivity index (χ2n) is 10.1. The van der Waals surface area contributed by atoms with Gasteiger partial charge < -0.3 is 0 Å². The molecular formula is C27H35F3Si. The van der Waals surface area contributed by atoms with E-state index in [1.165, 1.54) is 69.0 Å². The van der Waals surface area contributed by atoms with Crippen LogP contribution >= 0.6 is 0 Å². The van der Waals surface area contributed by atoms with Crippen LogP contribution in [0.15, 0.2) is 36.4 Å². The van der Waals surface area contributed by atoms with Gasteiger partial charge in [-0.3, -0.25) is 0 Å². The average Bonchev–Trinajstić information content (AvgIpc) is 2.79. The van der Waals surface area contributed by atoms with Crippen molar-refractivity contribution in [3.8, 4) is 11.1 Å². The average molecular weight is 445 g/mol. The van der Waals surface area contributed by atoms with E-state index in [1.807, 2.05) is 12.1 Å². The fourth-order valence-electron chi connectivity index (χ4n) is 6.00. The highest BCUT2D eigenvalue weighted by Gasteiger charge is 2.40. The first-order valence-corrected chi connectivity index (χ1v) is 15.1. The molecule has 4 heteroatoms. The van der Waals surface area contributed by atoms with Crippen LogP contribution in [0.3, 0.4) is 0 Å². The molecule has 0 unspecified atom stereocenters. The summed E-state index contributed by atoms with van der Waals surface area (Å²) in [5.74, 6) is -2.08. The highest BCUT2D eigenvalue weighted by atomic mass is 28.3. The molecule has 2 aliphatic heterocycles. The Morgan fingerprint density at radius 2 is 1.35 bits per heavy atom. The predicted octanol–water partition coefficient (Wildman–Crippen LogP) is 9.09. The van der Waals surface area contributed by atoms with Crippen LogP contribution in [0.1, 0.15) is 69.8 Å². The number of halogens is 3. The number of benzene rings is 2. The summed E-state index contributed by atoms with van der Waals surface area (Å²) >= 11 is 0. The molecule has 2 aromatic rings. The number of rotatable bonds is 6. The van der Waals surface area contributed by atoms with E-state index in [4.69, 9.17) is 0 Å².